The molecule has 3 atom stereocenters. The molecule has 1 spiro atoms. The number of carbonyl (C=O) groups is 3. The molecule has 2 aromatic rings. The van der Waals surface area contributed by atoms with Gasteiger partial charge in [0.25, 0.3) is 5.91 Å². The van der Waals surface area contributed by atoms with Crippen LogP contribution in [0.15, 0.2) is 42.9 Å². The number of hydrogen-bond acceptors (Lipinski definition) is 8. The maximum atomic E-state index is 14.4. The Morgan fingerprint density at radius 2 is 1.72 bits per heavy atom. The fourth-order valence-corrected chi connectivity index (χ4v) is 8.36. The van der Waals surface area contributed by atoms with Gasteiger partial charge in [-0.05, 0) is 98.8 Å². The summed E-state index contributed by atoms with van der Waals surface area (Å²) in [7, 11) is 0. The number of anilines is 1. The minimum atomic E-state index is -0.651. The van der Waals surface area contributed by atoms with E-state index < -0.39 is 23.6 Å². The van der Waals surface area contributed by atoms with Crippen LogP contribution in [0.4, 0.5) is 15.0 Å². The van der Waals surface area contributed by atoms with E-state index in [1.807, 2.05) is 53.4 Å². The van der Waals surface area contributed by atoms with Gasteiger partial charge in [-0.2, -0.15) is 0 Å². The Kier molecular flexibility index (Phi) is 9.60. The highest BCUT2D eigenvalue weighted by atomic mass is 19.1. The molecule has 4 saturated heterocycles. The van der Waals surface area contributed by atoms with Crippen LogP contribution in [-0.2, 0) is 9.53 Å². The van der Waals surface area contributed by atoms with Gasteiger partial charge in [0.1, 0.15) is 29.5 Å². The van der Waals surface area contributed by atoms with Gasteiger partial charge < -0.3 is 24.2 Å². The van der Waals surface area contributed by atoms with Crippen molar-refractivity contribution in [3.8, 4) is 11.5 Å². The van der Waals surface area contributed by atoms with Crippen molar-refractivity contribution in [2.75, 3.05) is 31.1 Å². The molecule has 12 heteroatoms. The number of halogens is 1. The zero-order chi connectivity index (χ0) is 36.1. The number of nitrogens with zero attached hydrogens (tertiary/aromatic N) is 6. The number of hydrogen-bond donors (Lipinski definition) is 0. The minimum absolute atomic E-state index is 0.00501. The minimum Gasteiger partial charge on any atom is -0.451 e. The van der Waals surface area contributed by atoms with E-state index >= 15 is 0 Å². The second-order valence-corrected chi connectivity index (χ2v) is 16.1. The number of likely N-dealkylation sites (tertiary alicyclic amines) is 1. The van der Waals surface area contributed by atoms with Crippen molar-refractivity contribution in [1.29, 1.82) is 0 Å². The van der Waals surface area contributed by atoms with E-state index in [2.05, 4.69) is 21.4 Å². The van der Waals surface area contributed by atoms with Gasteiger partial charge in [0.05, 0.1) is 11.8 Å². The molecule has 4 aliphatic heterocycles. The number of carbonyl (C=O) groups excluding carboxylic acids is 3. The zero-order valence-corrected chi connectivity index (χ0v) is 30.4. The lowest BCUT2D eigenvalue weighted by Crippen LogP contribution is -2.66. The fourth-order valence-electron chi connectivity index (χ4n) is 8.36. The first-order valence-corrected chi connectivity index (χ1v) is 17.9. The molecule has 7 rings (SSSR count). The highest BCUT2D eigenvalue weighted by Gasteiger charge is 2.53. The molecular formula is C38H51FN6O5. The van der Waals surface area contributed by atoms with Crippen LogP contribution in [0.2, 0.25) is 0 Å². The predicted molar refractivity (Wildman–Crippen MR) is 188 cm³/mol. The Morgan fingerprint density at radius 1 is 1.04 bits per heavy atom. The van der Waals surface area contributed by atoms with Crippen LogP contribution in [0.1, 0.15) is 90.9 Å². The Morgan fingerprint density at radius 3 is 2.34 bits per heavy atom. The van der Waals surface area contributed by atoms with Crippen molar-refractivity contribution in [2.24, 2.45) is 11.3 Å². The number of ether oxygens (including phenoxy) is 2. The highest BCUT2D eigenvalue weighted by molar-refractivity contribution is 5.97. The average molecular weight is 691 g/mol. The summed E-state index contributed by atoms with van der Waals surface area (Å²) >= 11 is 0. The van der Waals surface area contributed by atoms with Crippen molar-refractivity contribution < 1.29 is 28.2 Å². The molecule has 11 nitrogen and oxygen atoms in total. The topological polar surface area (TPSA) is 108 Å². The van der Waals surface area contributed by atoms with E-state index in [9.17, 15) is 18.8 Å². The van der Waals surface area contributed by atoms with E-state index in [1.165, 1.54) is 24.5 Å². The highest BCUT2D eigenvalue weighted by Crippen LogP contribution is 2.47. The van der Waals surface area contributed by atoms with Crippen molar-refractivity contribution in [3.63, 3.8) is 0 Å². The van der Waals surface area contributed by atoms with E-state index in [-0.39, 0.29) is 52.6 Å². The third kappa shape index (κ3) is 6.90. The lowest BCUT2D eigenvalue weighted by molar-refractivity contribution is -0.146. The van der Waals surface area contributed by atoms with Gasteiger partial charge in [-0.1, -0.05) is 12.2 Å². The first-order chi connectivity index (χ1) is 23.6. The van der Waals surface area contributed by atoms with Crippen LogP contribution >= 0.6 is 0 Å². The van der Waals surface area contributed by atoms with Gasteiger partial charge >= 0.3 is 6.09 Å². The molecule has 5 aliphatic rings. The molecule has 270 valence electrons. The molecule has 0 unspecified atom stereocenters. The van der Waals surface area contributed by atoms with Crippen LogP contribution < -0.4 is 9.64 Å². The Labute approximate surface area is 294 Å². The third-order valence-electron chi connectivity index (χ3n) is 10.7. The van der Waals surface area contributed by atoms with E-state index in [0.29, 0.717) is 31.1 Å². The number of piperidine rings is 3. The summed E-state index contributed by atoms with van der Waals surface area (Å²) in [5.41, 5.74) is 0.548. The standard InChI is InChI=1S/C38H51FN6O5/c1-23(2)44(24(3)4)34(46)29-18-26(39)9-12-30(29)49-31-19-40-22-41-33(31)43-20-38(21-43)13-15-42(16-14-38)35(47)32-28-11-10-27(17-25(28)5)45(32)36(48)50-37(6,7)8/h9,12,18-19,22-24,27-28,32H,5,10-11,13-17,20-21H2,1-4,6-8H3/t27-,28+,32-/m0/s1. The van der Waals surface area contributed by atoms with Gasteiger partial charge in [0.15, 0.2) is 11.6 Å². The summed E-state index contributed by atoms with van der Waals surface area (Å²) < 4.78 is 26.5. The summed E-state index contributed by atoms with van der Waals surface area (Å²) in [5, 5.41) is 0. The number of rotatable bonds is 7. The van der Waals surface area contributed by atoms with Crippen LogP contribution in [-0.4, -0.2) is 98.5 Å². The molecule has 5 fully saturated rings. The Balaban J connectivity index is 1.13. The Hall–Kier alpha value is -4.22. The molecule has 1 aromatic heterocycles. The monoisotopic (exact) mass is 690 g/mol. The van der Waals surface area contributed by atoms with Crippen molar-refractivity contribution >= 4 is 23.7 Å². The van der Waals surface area contributed by atoms with Crippen molar-refractivity contribution in [3.05, 3.63) is 54.3 Å². The molecule has 5 heterocycles. The molecule has 0 N–H and O–H groups in total. The van der Waals surface area contributed by atoms with E-state index in [1.54, 1.807) is 16.0 Å². The van der Waals surface area contributed by atoms with Crippen molar-refractivity contribution in [2.45, 2.75) is 110 Å². The van der Waals surface area contributed by atoms with Gasteiger partial charge in [-0.3, -0.25) is 14.5 Å². The summed E-state index contributed by atoms with van der Waals surface area (Å²) in [4.78, 5) is 57.3. The molecule has 0 radical (unpaired) electrons. The molecule has 50 heavy (non-hydrogen) atoms. The predicted octanol–water partition coefficient (Wildman–Crippen LogP) is 6.44. The van der Waals surface area contributed by atoms with Crippen molar-refractivity contribution in [1.82, 2.24) is 24.7 Å². The van der Waals surface area contributed by atoms with Gasteiger partial charge in [0, 0.05) is 55.6 Å². The molecule has 1 aromatic carbocycles. The number of fused-ring (bicyclic) bond motifs is 3. The molecule has 2 bridgehead atoms. The lowest BCUT2D eigenvalue weighted by Gasteiger charge is -2.56. The normalized spacial score (nSPS) is 23.0. The van der Waals surface area contributed by atoms with Crippen LogP contribution in [0, 0.1) is 17.2 Å². The molecular weight excluding hydrogens is 639 g/mol. The quantitative estimate of drug-likeness (QED) is 0.306. The smallest absolute Gasteiger partial charge is 0.411 e. The first kappa shape index (κ1) is 35.6. The van der Waals surface area contributed by atoms with Crippen LogP contribution in [0.25, 0.3) is 0 Å². The van der Waals surface area contributed by atoms with Gasteiger partial charge in [-0.25, -0.2) is 19.2 Å². The summed E-state index contributed by atoms with van der Waals surface area (Å²) in [6, 6.07) is 3.15. The Bertz CT molecular complexity index is 1630. The summed E-state index contributed by atoms with van der Waals surface area (Å²) in [5.74, 6) is 0.314. The van der Waals surface area contributed by atoms with Crippen LogP contribution in [0.3, 0.4) is 0 Å². The largest absolute Gasteiger partial charge is 0.451 e. The summed E-state index contributed by atoms with van der Waals surface area (Å²) in [6.07, 6.45) is 6.68. The maximum absolute atomic E-state index is 14.4. The first-order valence-electron chi connectivity index (χ1n) is 17.9. The summed E-state index contributed by atoms with van der Waals surface area (Å²) in [6.45, 7) is 20.2. The number of amides is 3. The molecule has 1 aliphatic carbocycles. The fraction of sp³-hybridized carbons (Fsp3) is 0.605. The number of aromatic nitrogens is 2. The zero-order valence-electron chi connectivity index (χ0n) is 30.4. The SMILES string of the molecule is C=C1C[C@@H]2CC[C@H]1[C@@H](C(=O)N1CCC3(CC1)CN(c1ncncc1Oc1ccc(F)cc1C(=O)N(C(C)C)C(C)C)C3)N2C(=O)OC(C)(C)C. The molecule has 3 amide bonds. The van der Waals surface area contributed by atoms with Crippen LogP contribution in [0.5, 0.6) is 11.5 Å². The van der Waals surface area contributed by atoms with Gasteiger partial charge in [-0.15, -0.1) is 0 Å². The second kappa shape index (κ2) is 13.5. The second-order valence-electron chi connectivity index (χ2n) is 16.1. The van der Waals surface area contributed by atoms with E-state index in [0.717, 1.165) is 44.3 Å². The third-order valence-corrected chi connectivity index (χ3v) is 10.7. The van der Waals surface area contributed by atoms with E-state index in [4.69, 9.17) is 9.47 Å². The van der Waals surface area contributed by atoms with Gasteiger partial charge in [0.2, 0.25) is 5.91 Å². The maximum Gasteiger partial charge on any atom is 0.411 e. The number of benzene rings is 1. The lowest BCUT2D eigenvalue weighted by atomic mass is 9.70. The average Bonchev–Trinajstić information content (AvgIpc) is 3.03. The molecule has 1 saturated carbocycles.